The van der Waals surface area contributed by atoms with Crippen LogP contribution in [0, 0.1) is 0 Å². The minimum Gasteiger partial charge on any atom is -0.397 e. The molecule has 0 spiro atoms. The van der Waals surface area contributed by atoms with Gasteiger partial charge in [0.1, 0.15) is 0 Å². The average Bonchev–Trinajstić information content (AvgIpc) is 2.39. The van der Waals surface area contributed by atoms with Gasteiger partial charge in [0.15, 0.2) is 0 Å². The molecule has 0 bridgehead atoms. The van der Waals surface area contributed by atoms with E-state index in [2.05, 4.69) is 29.0 Å². The van der Waals surface area contributed by atoms with Crippen molar-refractivity contribution >= 4 is 11.4 Å². The fraction of sp³-hybridized carbons (Fsp3) is 0.600. The molecule has 2 heterocycles. The van der Waals surface area contributed by atoms with Gasteiger partial charge in [-0.3, -0.25) is 0 Å². The van der Waals surface area contributed by atoms with Gasteiger partial charge < -0.3 is 20.3 Å². The summed E-state index contributed by atoms with van der Waals surface area (Å²) in [6.45, 7) is 4.93. The Bertz CT molecular complexity index is 449. The smallest absolute Gasteiger partial charge is 0.0877 e. The number of likely N-dealkylation sites (N-methyl/N-ethyl adjacent to an activating group) is 1. The zero-order valence-corrected chi connectivity index (χ0v) is 11.6. The van der Waals surface area contributed by atoms with Crippen molar-refractivity contribution in [2.45, 2.75) is 18.9 Å². The number of aryl methyl sites for hydroxylation is 1. The summed E-state index contributed by atoms with van der Waals surface area (Å²) in [6.07, 6.45) is 2.64. The maximum absolute atomic E-state index is 6.17. The van der Waals surface area contributed by atoms with Gasteiger partial charge in [0.05, 0.1) is 24.1 Å². The minimum absolute atomic E-state index is 0.296. The van der Waals surface area contributed by atoms with E-state index in [0.717, 1.165) is 44.9 Å². The molecule has 1 atom stereocenters. The summed E-state index contributed by atoms with van der Waals surface area (Å²) in [5, 5.41) is 0. The Morgan fingerprint density at radius 1 is 1.37 bits per heavy atom. The molecule has 104 valence electrons. The number of rotatable bonds is 2. The topological polar surface area (TPSA) is 41.7 Å². The molecule has 1 unspecified atom stereocenters. The standard InChI is InChI=1S/C15H23N3O/c1-17-8-9-19-13(10-17)11-18-7-3-5-12-4-2-6-14(16)15(12)18/h2,4,6,13H,3,5,7-11,16H2,1H3. The third kappa shape index (κ3) is 2.69. The highest BCUT2D eigenvalue weighted by molar-refractivity contribution is 5.72. The van der Waals surface area contributed by atoms with Crippen molar-refractivity contribution in [1.82, 2.24) is 4.90 Å². The summed E-state index contributed by atoms with van der Waals surface area (Å²) in [5.41, 5.74) is 9.70. The maximum Gasteiger partial charge on any atom is 0.0877 e. The van der Waals surface area contributed by atoms with Crippen LogP contribution in [0.4, 0.5) is 11.4 Å². The van der Waals surface area contributed by atoms with E-state index >= 15 is 0 Å². The van der Waals surface area contributed by atoms with Crippen molar-refractivity contribution in [3.8, 4) is 0 Å². The van der Waals surface area contributed by atoms with E-state index in [1.165, 1.54) is 17.7 Å². The maximum atomic E-state index is 6.17. The number of anilines is 2. The second-order valence-corrected chi connectivity index (χ2v) is 5.66. The van der Waals surface area contributed by atoms with E-state index in [9.17, 15) is 0 Å². The van der Waals surface area contributed by atoms with Crippen LogP contribution in [0.15, 0.2) is 18.2 Å². The normalized spacial score (nSPS) is 24.3. The summed E-state index contributed by atoms with van der Waals surface area (Å²) in [5.74, 6) is 0. The number of morpholine rings is 1. The third-order valence-corrected chi connectivity index (χ3v) is 4.11. The first-order chi connectivity index (χ1) is 9.24. The third-order valence-electron chi connectivity index (χ3n) is 4.11. The number of hydrogen-bond donors (Lipinski definition) is 1. The second-order valence-electron chi connectivity index (χ2n) is 5.66. The number of nitrogen functional groups attached to an aromatic ring is 1. The van der Waals surface area contributed by atoms with Gasteiger partial charge in [0.2, 0.25) is 0 Å². The van der Waals surface area contributed by atoms with E-state index in [-0.39, 0.29) is 0 Å². The van der Waals surface area contributed by atoms with Gasteiger partial charge >= 0.3 is 0 Å². The van der Waals surface area contributed by atoms with Crippen LogP contribution in [0.2, 0.25) is 0 Å². The van der Waals surface area contributed by atoms with E-state index in [0.29, 0.717) is 6.10 Å². The predicted octanol–water partition coefficient (Wildman–Crippen LogP) is 1.35. The van der Waals surface area contributed by atoms with Crippen LogP contribution in [-0.2, 0) is 11.2 Å². The lowest BCUT2D eigenvalue weighted by molar-refractivity contribution is -0.0148. The van der Waals surface area contributed by atoms with Crippen molar-refractivity contribution in [2.24, 2.45) is 0 Å². The molecule has 1 aromatic carbocycles. The van der Waals surface area contributed by atoms with Crippen molar-refractivity contribution in [3.05, 3.63) is 23.8 Å². The summed E-state index contributed by atoms with van der Waals surface area (Å²) in [4.78, 5) is 4.76. The highest BCUT2D eigenvalue weighted by Crippen LogP contribution is 2.32. The quantitative estimate of drug-likeness (QED) is 0.816. The van der Waals surface area contributed by atoms with Gasteiger partial charge in [-0.1, -0.05) is 12.1 Å². The van der Waals surface area contributed by atoms with Crippen LogP contribution in [-0.4, -0.2) is 50.8 Å². The lowest BCUT2D eigenvalue weighted by Crippen LogP contribution is -2.47. The summed E-state index contributed by atoms with van der Waals surface area (Å²) in [6, 6.07) is 6.26. The Kier molecular flexibility index (Phi) is 3.62. The van der Waals surface area contributed by atoms with E-state index < -0.39 is 0 Å². The number of nitrogens with zero attached hydrogens (tertiary/aromatic N) is 2. The number of hydrogen-bond acceptors (Lipinski definition) is 4. The van der Waals surface area contributed by atoms with Gasteiger partial charge in [0.25, 0.3) is 0 Å². The Morgan fingerprint density at radius 2 is 2.26 bits per heavy atom. The van der Waals surface area contributed by atoms with Crippen LogP contribution in [0.25, 0.3) is 0 Å². The lowest BCUT2D eigenvalue weighted by Gasteiger charge is -2.38. The monoisotopic (exact) mass is 261 g/mol. The molecular weight excluding hydrogens is 238 g/mol. The van der Waals surface area contributed by atoms with Crippen LogP contribution in [0.5, 0.6) is 0 Å². The number of benzene rings is 1. The molecule has 0 aliphatic carbocycles. The van der Waals surface area contributed by atoms with Gasteiger partial charge in [-0.2, -0.15) is 0 Å². The molecule has 2 N–H and O–H groups in total. The van der Waals surface area contributed by atoms with Crippen molar-refractivity contribution in [3.63, 3.8) is 0 Å². The molecule has 4 heteroatoms. The van der Waals surface area contributed by atoms with E-state index in [1.807, 2.05) is 6.07 Å². The van der Waals surface area contributed by atoms with Gasteiger partial charge in [-0.15, -0.1) is 0 Å². The molecule has 0 aromatic heterocycles. The largest absolute Gasteiger partial charge is 0.397 e. The van der Waals surface area contributed by atoms with Gasteiger partial charge in [-0.05, 0) is 31.5 Å². The number of para-hydroxylation sites is 1. The van der Waals surface area contributed by atoms with E-state index in [1.54, 1.807) is 0 Å². The van der Waals surface area contributed by atoms with E-state index in [4.69, 9.17) is 10.5 Å². The molecule has 1 aromatic rings. The fourth-order valence-corrected chi connectivity index (χ4v) is 3.18. The van der Waals surface area contributed by atoms with Crippen molar-refractivity contribution < 1.29 is 4.74 Å². The van der Waals surface area contributed by atoms with Crippen LogP contribution in [0.3, 0.4) is 0 Å². The molecule has 4 nitrogen and oxygen atoms in total. The summed E-state index contributed by atoms with van der Waals surface area (Å²) < 4.78 is 5.88. The van der Waals surface area contributed by atoms with Crippen molar-refractivity contribution in [2.75, 3.05) is 50.5 Å². The zero-order chi connectivity index (χ0) is 13.2. The highest BCUT2D eigenvalue weighted by atomic mass is 16.5. The molecular formula is C15H23N3O. The molecule has 3 rings (SSSR count). The first-order valence-corrected chi connectivity index (χ1v) is 7.16. The molecule has 2 aliphatic heterocycles. The molecule has 0 radical (unpaired) electrons. The Morgan fingerprint density at radius 3 is 3.11 bits per heavy atom. The van der Waals surface area contributed by atoms with Gasteiger partial charge in [-0.25, -0.2) is 0 Å². The van der Waals surface area contributed by atoms with Crippen LogP contribution in [0.1, 0.15) is 12.0 Å². The Labute approximate surface area is 115 Å². The average molecular weight is 261 g/mol. The first-order valence-electron chi connectivity index (χ1n) is 7.16. The molecule has 2 aliphatic rings. The lowest BCUT2D eigenvalue weighted by atomic mass is 10.00. The SMILES string of the molecule is CN1CCOC(CN2CCCc3cccc(N)c32)C1. The predicted molar refractivity (Wildman–Crippen MR) is 78.6 cm³/mol. The summed E-state index contributed by atoms with van der Waals surface area (Å²) >= 11 is 0. The Hall–Kier alpha value is -1.26. The Balaban J connectivity index is 1.76. The van der Waals surface area contributed by atoms with Crippen LogP contribution >= 0.6 is 0 Å². The minimum atomic E-state index is 0.296. The highest BCUT2D eigenvalue weighted by Gasteiger charge is 2.25. The number of fused-ring (bicyclic) bond motifs is 1. The summed E-state index contributed by atoms with van der Waals surface area (Å²) in [7, 11) is 2.16. The van der Waals surface area contributed by atoms with Crippen LogP contribution < -0.4 is 10.6 Å². The molecule has 0 saturated carbocycles. The second kappa shape index (κ2) is 5.39. The molecule has 19 heavy (non-hydrogen) atoms. The number of nitrogens with two attached hydrogens (primary N) is 1. The molecule has 1 fully saturated rings. The molecule has 1 saturated heterocycles. The van der Waals surface area contributed by atoms with Crippen molar-refractivity contribution in [1.29, 1.82) is 0 Å². The number of ether oxygens (including phenoxy) is 1. The molecule has 0 amide bonds. The zero-order valence-electron chi connectivity index (χ0n) is 11.6. The fourth-order valence-electron chi connectivity index (χ4n) is 3.18. The first kappa shape index (κ1) is 12.8. The van der Waals surface area contributed by atoms with Gasteiger partial charge in [0, 0.05) is 26.2 Å².